The van der Waals surface area contributed by atoms with Gasteiger partial charge in [-0.3, -0.25) is 4.79 Å². The van der Waals surface area contributed by atoms with E-state index in [1.807, 2.05) is 0 Å². The van der Waals surface area contributed by atoms with Gasteiger partial charge in [0, 0.05) is 17.7 Å². The van der Waals surface area contributed by atoms with Crippen LogP contribution in [0.2, 0.25) is 0 Å². The van der Waals surface area contributed by atoms with E-state index in [2.05, 4.69) is 0 Å². The smallest absolute Gasteiger partial charge is 0.239 e. The first-order valence-corrected chi connectivity index (χ1v) is 10.4. The molecule has 0 radical (unpaired) electrons. The predicted octanol–water partition coefficient (Wildman–Crippen LogP) is 0.0671. The quantitative estimate of drug-likeness (QED) is 0.272. The molecule has 12 heteroatoms. The number of aromatic hydroxyl groups is 2. The lowest BCUT2D eigenvalue weighted by Crippen LogP contribution is -2.60. The van der Waals surface area contributed by atoms with E-state index in [4.69, 9.17) is 23.4 Å². The van der Waals surface area contributed by atoms with Crippen LogP contribution in [-0.2, 0) is 4.74 Å². The normalized spacial score (nSPS) is 24.3. The van der Waals surface area contributed by atoms with E-state index in [0.717, 1.165) is 0 Å². The van der Waals surface area contributed by atoms with Crippen LogP contribution in [0.1, 0.15) is 0 Å². The van der Waals surface area contributed by atoms with Crippen LogP contribution in [0.4, 0.5) is 0 Å². The van der Waals surface area contributed by atoms with Crippen molar-refractivity contribution in [2.75, 3.05) is 20.8 Å². The molecule has 0 aliphatic carbocycles. The highest BCUT2D eigenvalue weighted by Crippen LogP contribution is 2.39. The lowest BCUT2D eigenvalue weighted by Gasteiger charge is -2.39. The Morgan fingerprint density at radius 1 is 0.943 bits per heavy atom. The molecule has 1 aliphatic heterocycles. The summed E-state index contributed by atoms with van der Waals surface area (Å²) in [5.41, 5.74) is -0.340. The molecule has 188 valence electrons. The second-order valence-corrected chi connectivity index (χ2v) is 7.81. The lowest BCUT2D eigenvalue weighted by atomic mass is 9.99. The number of benzene rings is 2. The van der Waals surface area contributed by atoms with Crippen molar-refractivity contribution in [3.8, 4) is 40.1 Å². The topological polar surface area (TPSA) is 189 Å². The summed E-state index contributed by atoms with van der Waals surface area (Å²) >= 11 is 0. The Labute approximate surface area is 197 Å². The Morgan fingerprint density at radius 2 is 1.69 bits per heavy atom. The molecule has 4 rings (SSSR count). The van der Waals surface area contributed by atoms with Crippen molar-refractivity contribution in [3.63, 3.8) is 0 Å². The number of hydrogen-bond donors (Lipinski definition) is 6. The van der Waals surface area contributed by atoms with Crippen molar-refractivity contribution in [3.05, 3.63) is 40.6 Å². The third-order valence-corrected chi connectivity index (χ3v) is 5.64. The van der Waals surface area contributed by atoms with E-state index in [1.54, 1.807) is 0 Å². The average Bonchev–Trinajstić information content (AvgIpc) is 2.84. The zero-order chi connectivity index (χ0) is 25.4. The fourth-order valence-electron chi connectivity index (χ4n) is 3.84. The standard InChI is InChI=1S/C23H24O12/c1-31-13-6-10(25)7-14-16(13)18(28)22(32-2)21(33-14)9-3-4-12(11(26)5-9)34-23-20(30)19(29)17(27)15(8-24)35-23/h3-7,15,17,19-20,23-27,29-30H,8H2,1-2H3. The van der Waals surface area contributed by atoms with Crippen molar-refractivity contribution in [2.24, 2.45) is 0 Å². The summed E-state index contributed by atoms with van der Waals surface area (Å²) in [5, 5.41) is 59.8. The van der Waals surface area contributed by atoms with Gasteiger partial charge in [-0.2, -0.15) is 0 Å². The number of fused-ring (bicyclic) bond motifs is 1. The van der Waals surface area contributed by atoms with Gasteiger partial charge in [-0.05, 0) is 18.2 Å². The van der Waals surface area contributed by atoms with E-state index in [-0.39, 0.29) is 45.3 Å². The number of phenols is 2. The molecule has 1 saturated heterocycles. The van der Waals surface area contributed by atoms with E-state index in [9.17, 15) is 35.4 Å². The van der Waals surface area contributed by atoms with Gasteiger partial charge in [0.2, 0.25) is 17.5 Å². The zero-order valence-electron chi connectivity index (χ0n) is 18.6. The van der Waals surface area contributed by atoms with Crippen LogP contribution in [0.3, 0.4) is 0 Å². The van der Waals surface area contributed by atoms with Gasteiger partial charge in [0.1, 0.15) is 46.9 Å². The molecule has 12 nitrogen and oxygen atoms in total. The maximum atomic E-state index is 13.1. The van der Waals surface area contributed by atoms with Crippen molar-refractivity contribution < 1.29 is 54.0 Å². The van der Waals surface area contributed by atoms with Gasteiger partial charge < -0.3 is 54.0 Å². The Bertz CT molecular complexity index is 1280. The molecule has 3 aromatic rings. The van der Waals surface area contributed by atoms with Gasteiger partial charge >= 0.3 is 0 Å². The average molecular weight is 492 g/mol. The fraction of sp³-hybridized carbons (Fsp3) is 0.348. The van der Waals surface area contributed by atoms with E-state index in [0.29, 0.717) is 0 Å². The van der Waals surface area contributed by atoms with Crippen LogP contribution in [0.15, 0.2) is 39.5 Å². The molecule has 2 heterocycles. The van der Waals surface area contributed by atoms with Gasteiger partial charge in [0.25, 0.3) is 0 Å². The molecule has 0 amide bonds. The Morgan fingerprint density at radius 3 is 2.31 bits per heavy atom. The monoisotopic (exact) mass is 492 g/mol. The summed E-state index contributed by atoms with van der Waals surface area (Å²) in [6.07, 6.45) is -7.59. The summed E-state index contributed by atoms with van der Waals surface area (Å²) in [6.45, 7) is -0.642. The Hall–Kier alpha value is -3.55. The molecular formula is C23H24O12. The minimum absolute atomic E-state index is 0.0174. The molecule has 2 aromatic carbocycles. The number of rotatable bonds is 6. The number of aliphatic hydroxyl groups excluding tert-OH is 4. The second-order valence-electron chi connectivity index (χ2n) is 7.81. The summed E-state index contributed by atoms with van der Waals surface area (Å²) in [6, 6.07) is 6.41. The van der Waals surface area contributed by atoms with Crippen LogP contribution in [0.25, 0.3) is 22.3 Å². The molecule has 0 bridgehead atoms. The highest BCUT2D eigenvalue weighted by molar-refractivity contribution is 5.88. The van der Waals surface area contributed by atoms with Crippen LogP contribution >= 0.6 is 0 Å². The van der Waals surface area contributed by atoms with E-state index in [1.165, 1.54) is 44.6 Å². The summed E-state index contributed by atoms with van der Waals surface area (Å²) in [4.78, 5) is 13.1. The molecule has 1 fully saturated rings. The van der Waals surface area contributed by atoms with Gasteiger partial charge in [0.15, 0.2) is 17.3 Å². The number of phenolic OH excluding ortho intramolecular Hbond substituents is 2. The minimum atomic E-state index is -1.67. The first kappa shape index (κ1) is 24.6. The van der Waals surface area contributed by atoms with Crippen molar-refractivity contribution in [2.45, 2.75) is 30.7 Å². The largest absolute Gasteiger partial charge is 0.508 e. The molecule has 5 atom stereocenters. The summed E-state index contributed by atoms with van der Waals surface area (Å²) in [7, 11) is 2.60. The summed E-state index contributed by atoms with van der Waals surface area (Å²) < 4.78 is 27.0. The number of hydrogen-bond acceptors (Lipinski definition) is 12. The van der Waals surface area contributed by atoms with E-state index < -0.39 is 48.5 Å². The minimum Gasteiger partial charge on any atom is -0.508 e. The zero-order valence-corrected chi connectivity index (χ0v) is 18.6. The van der Waals surface area contributed by atoms with Crippen LogP contribution in [0.5, 0.6) is 28.7 Å². The molecule has 0 spiro atoms. The fourth-order valence-corrected chi connectivity index (χ4v) is 3.84. The van der Waals surface area contributed by atoms with Gasteiger partial charge in [0.05, 0.1) is 20.8 Å². The second kappa shape index (κ2) is 9.60. The third kappa shape index (κ3) is 4.33. The summed E-state index contributed by atoms with van der Waals surface area (Å²) in [5.74, 6) is -0.947. The van der Waals surface area contributed by atoms with Gasteiger partial charge in [-0.15, -0.1) is 0 Å². The van der Waals surface area contributed by atoms with Crippen molar-refractivity contribution >= 4 is 11.0 Å². The van der Waals surface area contributed by atoms with Crippen molar-refractivity contribution in [1.82, 2.24) is 0 Å². The van der Waals surface area contributed by atoms with Gasteiger partial charge in [-0.1, -0.05) is 0 Å². The Kier molecular flexibility index (Phi) is 6.74. The molecular weight excluding hydrogens is 468 g/mol. The molecule has 5 unspecified atom stereocenters. The number of ether oxygens (including phenoxy) is 4. The van der Waals surface area contributed by atoms with Gasteiger partial charge in [-0.25, -0.2) is 0 Å². The van der Waals surface area contributed by atoms with E-state index >= 15 is 0 Å². The number of methoxy groups -OCH3 is 2. The maximum Gasteiger partial charge on any atom is 0.239 e. The first-order chi connectivity index (χ1) is 16.7. The van der Waals surface area contributed by atoms with Crippen LogP contribution in [0, 0.1) is 0 Å². The highest BCUT2D eigenvalue weighted by atomic mass is 16.7. The van der Waals surface area contributed by atoms with Crippen LogP contribution < -0.4 is 19.6 Å². The molecule has 0 saturated carbocycles. The van der Waals surface area contributed by atoms with Crippen LogP contribution in [-0.4, -0.2) is 82.2 Å². The Balaban J connectivity index is 1.72. The third-order valence-electron chi connectivity index (χ3n) is 5.64. The molecule has 1 aliphatic rings. The van der Waals surface area contributed by atoms with Crippen molar-refractivity contribution in [1.29, 1.82) is 0 Å². The first-order valence-electron chi connectivity index (χ1n) is 10.4. The molecule has 35 heavy (non-hydrogen) atoms. The highest BCUT2D eigenvalue weighted by Gasteiger charge is 2.45. The number of aliphatic hydroxyl groups is 4. The lowest BCUT2D eigenvalue weighted by molar-refractivity contribution is -0.277. The molecule has 6 N–H and O–H groups in total. The predicted molar refractivity (Wildman–Crippen MR) is 119 cm³/mol. The maximum absolute atomic E-state index is 13.1. The SMILES string of the molecule is COc1c(-c2ccc(OC3OC(CO)C(O)C(O)C3O)c(O)c2)oc2cc(O)cc(OC)c2c1=O. The molecule has 1 aromatic heterocycles.